The number of thioether (sulfide) groups is 1. The first-order valence-corrected chi connectivity index (χ1v) is 12.9. The molecule has 0 aromatic heterocycles. The minimum atomic E-state index is -0.812. The summed E-state index contributed by atoms with van der Waals surface area (Å²) < 4.78 is 12.0. The average Bonchev–Trinajstić information content (AvgIpc) is 3.39. The Kier molecular flexibility index (Phi) is 7.57. The Balaban J connectivity index is 1.25. The van der Waals surface area contributed by atoms with Crippen LogP contribution in [0.25, 0.3) is 0 Å². The molecule has 2 aromatic rings. The maximum absolute atomic E-state index is 11.5. The fourth-order valence-corrected chi connectivity index (χ4v) is 5.81. The molecule has 1 saturated carbocycles. The maximum Gasteiger partial charge on any atom is 0.311 e. The van der Waals surface area contributed by atoms with Crippen LogP contribution in [0.15, 0.2) is 47.4 Å². The number of fused-ring (bicyclic) bond motifs is 3. The monoisotopic (exact) mass is 485 g/mol. The van der Waals surface area contributed by atoms with E-state index in [0.717, 1.165) is 34.6 Å². The lowest BCUT2D eigenvalue weighted by Crippen LogP contribution is -2.44. The van der Waals surface area contributed by atoms with Gasteiger partial charge in [0.25, 0.3) is 0 Å². The number of ether oxygens (including phenoxy) is 2. The lowest BCUT2D eigenvalue weighted by atomic mass is 9.95. The summed E-state index contributed by atoms with van der Waals surface area (Å²) in [4.78, 5) is 12.8. The normalized spacial score (nSPS) is 22.4. The van der Waals surface area contributed by atoms with Gasteiger partial charge < -0.3 is 25.0 Å². The summed E-state index contributed by atoms with van der Waals surface area (Å²) in [6.07, 6.45) is -0.203. The van der Waals surface area contributed by atoms with Gasteiger partial charge in [0.1, 0.15) is 17.8 Å². The zero-order valence-electron chi connectivity index (χ0n) is 20.3. The summed E-state index contributed by atoms with van der Waals surface area (Å²) in [5.74, 6) is 0.408. The molecule has 2 aliphatic rings. The summed E-state index contributed by atoms with van der Waals surface area (Å²) in [5, 5.41) is 23.4. The lowest BCUT2D eigenvalue weighted by Gasteiger charge is -2.28. The minimum absolute atomic E-state index is 0.101. The summed E-state index contributed by atoms with van der Waals surface area (Å²) >= 11 is 1.84. The van der Waals surface area contributed by atoms with E-state index in [-0.39, 0.29) is 30.3 Å². The number of nitrogens with one attached hydrogen (secondary N) is 1. The molecule has 2 aromatic carbocycles. The van der Waals surface area contributed by atoms with Crippen molar-refractivity contribution in [2.75, 3.05) is 18.9 Å². The number of β-amino-alcohol motifs (C(OH)–C–C–N with tert-alkyl or cyclic N) is 1. The first-order valence-electron chi connectivity index (χ1n) is 11.9. The van der Waals surface area contributed by atoms with Crippen LogP contribution in [0.1, 0.15) is 55.9 Å². The number of aliphatic carboxylic acids is 1. The first-order chi connectivity index (χ1) is 16.2. The Labute approximate surface area is 206 Å². The fraction of sp³-hybridized carbons (Fsp3) is 0.519. The van der Waals surface area contributed by atoms with Crippen molar-refractivity contribution < 1.29 is 24.5 Å². The topological polar surface area (TPSA) is 88.0 Å². The highest BCUT2D eigenvalue weighted by molar-refractivity contribution is 7.99. The lowest BCUT2D eigenvalue weighted by molar-refractivity contribution is -0.139. The molecule has 1 heterocycles. The molecule has 6 nitrogen and oxygen atoms in total. The summed E-state index contributed by atoms with van der Waals surface area (Å²) in [6.45, 7) is 8.86. The van der Waals surface area contributed by atoms with E-state index in [4.69, 9.17) is 9.47 Å². The zero-order chi connectivity index (χ0) is 24.5. The van der Waals surface area contributed by atoms with Crippen molar-refractivity contribution >= 4 is 17.7 Å². The Hall–Kier alpha value is -2.06. The van der Waals surface area contributed by atoms with Crippen LogP contribution in [0.2, 0.25) is 0 Å². The largest absolute Gasteiger partial charge is 0.488 e. The van der Waals surface area contributed by atoms with E-state index in [0.29, 0.717) is 6.54 Å². The molecule has 0 bridgehead atoms. The number of carboxylic acids is 1. The van der Waals surface area contributed by atoms with Gasteiger partial charge in [-0.3, -0.25) is 4.79 Å². The summed E-state index contributed by atoms with van der Waals surface area (Å²) in [5.41, 5.74) is 2.83. The van der Waals surface area contributed by atoms with Gasteiger partial charge in [0, 0.05) is 28.5 Å². The predicted molar refractivity (Wildman–Crippen MR) is 134 cm³/mol. The quantitative estimate of drug-likeness (QED) is 0.380. The Morgan fingerprint density at radius 1 is 1.24 bits per heavy atom. The third-order valence-corrected chi connectivity index (χ3v) is 7.80. The second-order valence-electron chi connectivity index (χ2n) is 9.99. The van der Waals surface area contributed by atoms with Crippen LogP contribution in [0.3, 0.4) is 0 Å². The Bertz CT molecular complexity index is 1010. The van der Waals surface area contributed by atoms with Gasteiger partial charge in [0.05, 0.1) is 18.8 Å². The van der Waals surface area contributed by atoms with Crippen LogP contribution in [0.4, 0.5) is 0 Å². The average molecular weight is 486 g/mol. The summed E-state index contributed by atoms with van der Waals surface area (Å²) in [7, 11) is 0. The molecule has 3 N–H and O–H groups in total. The standard InChI is InChI=1S/C27H35NO5S/c1-16-10-11-20(21-22-23(26(30)31)25(22)33-24(16)21)17(2)32-15-18(29)14-28-27(3,4)12-13-34-19-8-6-5-7-9-19/h5-11,17-18,22-23,25,28-29H,12-15H2,1-4H3,(H,30,31)/t17-,18?,22+,23+,25+/m1/s1. The van der Waals surface area contributed by atoms with E-state index in [1.54, 1.807) is 0 Å². The van der Waals surface area contributed by atoms with Gasteiger partial charge in [-0.1, -0.05) is 30.3 Å². The van der Waals surface area contributed by atoms with E-state index >= 15 is 0 Å². The van der Waals surface area contributed by atoms with E-state index in [1.165, 1.54) is 4.90 Å². The molecular formula is C27H35NO5S. The smallest absolute Gasteiger partial charge is 0.311 e. The molecule has 0 spiro atoms. The van der Waals surface area contributed by atoms with Gasteiger partial charge in [-0.05, 0) is 63.1 Å². The second-order valence-corrected chi connectivity index (χ2v) is 11.2. The van der Waals surface area contributed by atoms with Gasteiger partial charge in [-0.25, -0.2) is 0 Å². The molecule has 7 heteroatoms. The van der Waals surface area contributed by atoms with Gasteiger partial charge in [0.15, 0.2) is 0 Å². The molecule has 1 fully saturated rings. The third kappa shape index (κ3) is 5.60. The third-order valence-electron chi connectivity index (χ3n) is 6.78. The molecule has 5 atom stereocenters. The van der Waals surface area contributed by atoms with Crippen molar-refractivity contribution in [3.63, 3.8) is 0 Å². The maximum atomic E-state index is 11.5. The first kappa shape index (κ1) is 25.0. The van der Waals surface area contributed by atoms with Gasteiger partial charge in [-0.2, -0.15) is 0 Å². The molecule has 0 radical (unpaired) electrons. The number of hydrogen-bond acceptors (Lipinski definition) is 6. The van der Waals surface area contributed by atoms with Crippen molar-refractivity contribution in [1.82, 2.24) is 5.32 Å². The number of aliphatic hydroxyl groups is 1. The Morgan fingerprint density at radius 2 is 1.97 bits per heavy atom. The number of aliphatic hydroxyl groups excluding tert-OH is 1. The number of carboxylic acid groups (broad SMARTS) is 1. The second kappa shape index (κ2) is 10.3. The van der Waals surface area contributed by atoms with Crippen molar-refractivity contribution in [3.8, 4) is 5.75 Å². The highest BCUT2D eigenvalue weighted by atomic mass is 32.2. The number of carbonyl (C=O) groups is 1. The molecule has 0 saturated heterocycles. The van der Waals surface area contributed by atoms with Crippen LogP contribution >= 0.6 is 11.8 Å². The van der Waals surface area contributed by atoms with Gasteiger partial charge in [0.2, 0.25) is 0 Å². The van der Waals surface area contributed by atoms with Crippen LogP contribution in [-0.4, -0.2) is 52.8 Å². The van der Waals surface area contributed by atoms with Crippen LogP contribution in [-0.2, 0) is 9.53 Å². The van der Waals surface area contributed by atoms with Gasteiger partial charge >= 0.3 is 5.97 Å². The fourth-order valence-electron chi connectivity index (χ4n) is 4.61. The van der Waals surface area contributed by atoms with Crippen molar-refractivity contribution in [3.05, 3.63) is 59.2 Å². The van der Waals surface area contributed by atoms with E-state index < -0.39 is 18.0 Å². The molecule has 4 rings (SSSR count). The molecule has 1 aliphatic heterocycles. The molecule has 184 valence electrons. The molecule has 34 heavy (non-hydrogen) atoms. The van der Waals surface area contributed by atoms with Gasteiger partial charge in [-0.15, -0.1) is 11.8 Å². The molecule has 0 amide bonds. The summed E-state index contributed by atoms with van der Waals surface area (Å²) in [6, 6.07) is 14.3. The van der Waals surface area contributed by atoms with Crippen LogP contribution < -0.4 is 10.1 Å². The zero-order valence-corrected chi connectivity index (χ0v) is 21.1. The van der Waals surface area contributed by atoms with E-state index in [1.807, 2.05) is 43.8 Å². The van der Waals surface area contributed by atoms with E-state index in [9.17, 15) is 15.0 Å². The van der Waals surface area contributed by atoms with Crippen molar-refractivity contribution in [2.24, 2.45) is 5.92 Å². The molecule has 1 aliphatic carbocycles. The van der Waals surface area contributed by atoms with Crippen molar-refractivity contribution in [2.45, 2.75) is 68.8 Å². The number of hydrogen-bond donors (Lipinski definition) is 3. The molecular weight excluding hydrogens is 450 g/mol. The molecule has 1 unspecified atom stereocenters. The Morgan fingerprint density at radius 3 is 2.68 bits per heavy atom. The minimum Gasteiger partial charge on any atom is -0.488 e. The number of aryl methyl sites for hydroxylation is 1. The number of rotatable bonds is 12. The highest BCUT2D eigenvalue weighted by Gasteiger charge is 2.64. The van der Waals surface area contributed by atoms with Crippen LogP contribution in [0.5, 0.6) is 5.75 Å². The van der Waals surface area contributed by atoms with Crippen LogP contribution in [0, 0.1) is 12.8 Å². The predicted octanol–water partition coefficient (Wildman–Crippen LogP) is 4.54. The van der Waals surface area contributed by atoms with Crippen molar-refractivity contribution in [1.29, 1.82) is 0 Å². The van der Waals surface area contributed by atoms with E-state index in [2.05, 4.69) is 43.4 Å². The number of benzene rings is 2. The highest BCUT2D eigenvalue weighted by Crippen LogP contribution is 2.61. The SMILES string of the molecule is Cc1ccc([C@@H](C)OCC(O)CNC(C)(C)CCSc2ccccc2)c2c1O[C@@H]1[C@@H](C(=O)O)[C@H]21.